The van der Waals surface area contributed by atoms with Gasteiger partial charge in [0.05, 0.1) is 0 Å². The zero-order valence-corrected chi connectivity index (χ0v) is 9.12. The number of benzene rings is 1. The smallest absolute Gasteiger partial charge is 0.130 e. The van der Waals surface area contributed by atoms with Crippen molar-refractivity contribution in [2.45, 2.75) is 32.6 Å². The Hall–Kier alpha value is -1.24. The lowest BCUT2D eigenvalue weighted by Gasteiger charge is -2.29. The third-order valence-electron chi connectivity index (χ3n) is 3.48. The van der Waals surface area contributed by atoms with Crippen molar-refractivity contribution in [2.75, 3.05) is 0 Å². The molecule has 0 saturated heterocycles. The first kappa shape index (κ1) is 9.02. The molecule has 0 aromatic heterocycles. The fourth-order valence-electron chi connectivity index (χ4n) is 2.54. The highest BCUT2D eigenvalue weighted by molar-refractivity contribution is 5.42. The topological polar surface area (TPSA) is 9.23 Å². The van der Waals surface area contributed by atoms with Crippen LogP contribution in [-0.4, -0.2) is 0 Å². The van der Waals surface area contributed by atoms with Gasteiger partial charge in [0.25, 0.3) is 0 Å². The van der Waals surface area contributed by atoms with E-state index >= 15 is 0 Å². The van der Waals surface area contributed by atoms with Gasteiger partial charge in [0.2, 0.25) is 0 Å². The molecule has 1 atom stereocenters. The zero-order valence-electron chi connectivity index (χ0n) is 9.12. The summed E-state index contributed by atoms with van der Waals surface area (Å²) in [5.74, 6) is 3.12. The molecule has 0 fully saturated rings. The summed E-state index contributed by atoms with van der Waals surface area (Å²) in [5.41, 5.74) is 2.89. The molecule has 2 aliphatic rings. The van der Waals surface area contributed by atoms with E-state index in [4.69, 9.17) is 4.74 Å². The van der Waals surface area contributed by atoms with Gasteiger partial charge in [0.15, 0.2) is 0 Å². The lowest BCUT2D eigenvalue weighted by molar-refractivity contribution is 0.321. The van der Waals surface area contributed by atoms with Crippen LogP contribution in [0.25, 0.3) is 0 Å². The average molecular weight is 200 g/mol. The van der Waals surface area contributed by atoms with Crippen LogP contribution < -0.4 is 4.74 Å². The van der Waals surface area contributed by atoms with E-state index in [9.17, 15) is 0 Å². The molecule has 0 saturated carbocycles. The van der Waals surface area contributed by atoms with Crippen LogP contribution in [-0.2, 0) is 6.42 Å². The highest BCUT2D eigenvalue weighted by Crippen LogP contribution is 2.38. The number of ether oxygens (including phenoxy) is 1. The first-order valence-electron chi connectivity index (χ1n) is 5.79. The first-order chi connectivity index (χ1) is 7.33. The van der Waals surface area contributed by atoms with E-state index in [2.05, 4.69) is 31.2 Å². The van der Waals surface area contributed by atoms with Crippen LogP contribution in [0.4, 0.5) is 0 Å². The van der Waals surface area contributed by atoms with Crippen LogP contribution >= 0.6 is 0 Å². The van der Waals surface area contributed by atoms with Gasteiger partial charge >= 0.3 is 0 Å². The summed E-state index contributed by atoms with van der Waals surface area (Å²) in [7, 11) is 0. The van der Waals surface area contributed by atoms with Crippen molar-refractivity contribution in [3.8, 4) is 5.75 Å². The maximum absolute atomic E-state index is 5.99. The molecule has 78 valence electrons. The molecule has 1 aliphatic heterocycles. The predicted octanol–water partition coefficient (Wildman–Crippen LogP) is 3.70. The molecule has 0 spiro atoms. The van der Waals surface area contributed by atoms with Crippen molar-refractivity contribution in [1.82, 2.24) is 0 Å². The van der Waals surface area contributed by atoms with Crippen molar-refractivity contribution in [2.24, 2.45) is 5.92 Å². The number of hydrogen-bond donors (Lipinski definition) is 0. The molecule has 1 aromatic carbocycles. The molecule has 1 heteroatoms. The standard InChI is InChI=1S/C14H16O/c1-10-6-7-12-9-11-4-2-3-5-13(11)15-14(12)8-10/h2-5,10H,6-9H2,1H3. The number of fused-ring (bicyclic) bond motifs is 1. The predicted molar refractivity (Wildman–Crippen MR) is 60.8 cm³/mol. The Morgan fingerprint density at radius 3 is 3.07 bits per heavy atom. The summed E-state index contributed by atoms with van der Waals surface area (Å²) in [6.45, 7) is 2.31. The van der Waals surface area contributed by atoms with Gasteiger partial charge in [-0.2, -0.15) is 0 Å². The minimum absolute atomic E-state index is 0.786. The molecule has 1 heterocycles. The van der Waals surface area contributed by atoms with E-state index < -0.39 is 0 Å². The zero-order chi connectivity index (χ0) is 10.3. The summed E-state index contributed by atoms with van der Waals surface area (Å²) < 4.78 is 5.99. The molecule has 3 rings (SSSR count). The SMILES string of the molecule is CC1CCC2=C(C1)Oc1ccccc1C2. The Kier molecular flexibility index (Phi) is 2.05. The minimum Gasteiger partial charge on any atom is -0.461 e. The molecule has 15 heavy (non-hydrogen) atoms. The van der Waals surface area contributed by atoms with Gasteiger partial charge in [0.1, 0.15) is 11.5 Å². The Balaban J connectivity index is 1.95. The Morgan fingerprint density at radius 2 is 2.13 bits per heavy atom. The van der Waals surface area contributed by atoms with Crippen molar-refractivity contribution >= 4 is 0 Å². The fourth-order valence-corrected chi connectivity index (χ4v) is 2.54. The third-order valence-corrected chi connectivity index (χ3v) is 3.48. The molecule has 0 radical (unpaired) electrons. The number of allylic oxidation sites excluding steroid dienone is 2. The van der Waals surface area contributed by atoms with Crippen LogP contribution in [0.5, 0.6) is 5.75 Å². The monoisotopic (exact) mass is 200 g/mol. The van der Waals surface area contributed by atoms with Crippen LogP contribution in [0.1, 0.15) is 31.7 Å². The minimum atomic E-state index is 0.786. The second-order valence-electron chi connectivity index (χ2n) is 4.76. The van der Waals surface area contributed by atoms with E-state index in [1.165, 1.54) is 29.7 Å². The summed E-state index contributed by atoms with van der Waals surface area (Å²) in [4.78, 5) is 0. The van der Waals surface area contributed by atoms with Gasteiger partial charge in [-0.15, -0.1) is 0 Å². The van der Waals surface area contributed by atoms with E-state index in [1.54, 1.807) is 0 Å². The fraction of sp³-hybridized carbons (Fsp3) is 0.429. The Morgan fingerprint density at radius 1 is 1.27 bits per heavy atom. The van der Waals surface area contributed by atoms with E-state index in [1.807, 2.05) is 0 Å². The second-order valence-corrected chi connectivity index (χ2v) is 4.76. The Labute approximate surface area is 90.8 Å². The van der Waals surface area contributed by atoms with Gasteiger partial charge in [-0.1, -0.05) is 25.1 Å². The lowest BCUT2D eigenvalue weighted by atomic mass is 9.85. The first-order valence-corrected chi connectivity index (χ1v) is 5.79. The largest absolute Gasteiger partial charge is 0.461 e. The summed E-state index contributed by atoms with van der Waals surface area (Å²) >= 11 is 0. The second kappa shape index (κ2) is 3.41. The number of para-hydroxylation sites is 1. The van der Waals surface area contributed by atoms with Crippen LogP contribution in [0, 0.1) is 5.92 Å². The van der Waals surface area contributed by atoms with Crippen molar-refractivity contribution in [3.05, 3.63) is 41.2 Å². The van der Waals surface area contributed by atoms with Gasteiger partial charge in [-0.3, -0.25) is 0 Å². The van der Waals surface area contributed by atoms with Crippen LogP contribution in [0.2, 0.25) is 0 Å². The summed E-state index contributed by atoms with van der Waals surface area (Å²) in [5, 5.41) is 0. The highest BCUT2D eigenvalue weighted by atomic mass is 16.5. The van der Waals surface area contributed by atoms with Gasteiger partial charge in [-0.05, 0) is 36.0 Å². The van der Waals surface area contributed by atoms with Crippen LogP contribution in [0.15, 0.2) is 35.6 Å². The number of rotatable bonds is 0. The lowest BCUT2D eigenvalue weighted by Crippen LogP contribution is -2.17. The molecular formula is C14H16O. The third kappa shape index (κ3) is 1.56. The van der Waals surface area contributed by atoms with E-state index in [-0.39, 0.29) is 0 Å². The van der Waals surface area contributed by atoms with Gasteiger partial charge < -0.3 is 4.74 Å². The quantitative estimate of drug-likeness (QED) is 0.620. The van der Waals surface area contributed by atoms with Crippen molar-refractivity contribution in [3.63, 3.8) is 0 Å². The van der Waals surface area contributed by atoms with Crippen LogP contribution in [0.3, 0.4) is 0 Å². The van der Waals surface area contributed by atoms with Gasteiger partial charge in [0, 0.05) is 12.8 Å². The number of hydrogen-bond acceptors (Lipinski definition) is 1. The van der Waals surface area contributed by atoms with Gasteiger partial charge in [-0.25, -0.2) is 0 Å². The van der Waals surface area contributed by atoms with Crippen molar-refractivity contribution in [1.29, 1.82) is 0 Å². The van der Waals surface area contributed by atoms with E-state index in [0.717, 1.165) is 24.5 Å². The maximum Gasteiger partial charge on any atom is 0.130 e. The molecule has 0 N–H and O–H groups in total. The average Bonchev–Trinajstić information content (AvgIpc) is 2.26. The maximum atomic E-state index is 5.99. The normalized spacial score (nSPS) is 24.2. The summed E-state index contributed by atoms with van der Waals surface area (Å²) in [6, 6.07) is 8.41. The summed E-state index contributed by atoms with van der Waals surface area (Å²) in [6.07, 6.45) is 4.79. The molecule has 1 nitrogen and oxygen atoms in total. The molecule has 0 amide bonds. The Bertz CT molecular complexity index is 417. The molecule has 0 bridgehead atoms. The van der Waals surface area contributed by atoms with E-state index in [0.29, 0.717) is 0 Å². The molecule has 1 aromatic rings. The molecular weight excluding hydrogens is 184 g/mol. The highest BCUT2D eigenvalue weighted by Gasteiger charge is 2.24. The molecule has 1 unspecified atom stereocenters. The van der Waals surface area contributed by atoms with Crippen molar-refractivity contribution < 1.29 is 4.74 Å². The molecule has 1 aliphatic carbocycles.